The van der Waals surface area contributed by atoms with Crippen molar-refractivity contribution in [2.45, 2.75) is 20.0 Å². The number of anilines is 1. The Morgan fingerprint density at radius 3 is 2.89 bits per heavy atom. The Morgan fingerprint density at radius 2 is 2.21 bits per heavy atom. The lowest BCUT2D eigenvalue weighted by atomic mass is 10.1. The quantitative estimate of drug-likeness (QED) is 0.859. The number of nitrogens with one attached hydrogen (secondary N) is 1. The summed E-state index contributed by atoms with van der Waals surface area (Å²) in [5, 5.41) is 3.05. The fraction of sp³-hybridized carbons (Fsp3) is 0.357. The highest BCUT2D eigenvalue weighted by atomic mass is 16.5. The fourth-order valence-corrected chi connectivity index (χ4v) is 1.74. The van der Waals surface area contributed by atoms with Crippen molar-refractivity contribution in [3.05, 3.63) is 47.7 Å². The van der Waals surface area contributed by atoms with E-state index in [1.165, 1.54) is 0 Å². The number of hydrogen-bond donors (Lipinski definition) is 1. The largest absolute Gasteiger partial charge is 0.374 e. The van der Waals surface area contributed by atoms with E-state index in [-0.39, 0.29) is 0 Å². The molecule has 2 aromatic heterocycles. The highest BCUT2D eigenvalue weighted by molar-refractivity contribution is 5.36. The molecule has 2 aromatic rings. The Labute approximate surface area is 113 Å². The zero-order chi connectivity index (χ0) is 13.5. The topological polar surface area (TPSA) is 59.9 Å². The summed E-state index contributed by atoms with van der Waals surface area (Å²) in [5.74, 6) is 1.51. The molecule has 0 aliphatic carbocycles. The van der Waals surface area contributed by atoms with E-state index in [2.05, 4.69) is 20.3 Å². The molecule has 0 radical (unpaired) electrons. The monoisotopic (exact) mass is 258 g/mol. The zero-order valence-electron chi connectivity index (χ0n) is 11.3. The molecule has 0 spiro atoms. The summed E-state index contributed by atoms with van der Waals surface area (Å²) in [5.41, 5.74) is 2.09. The Balaban J connectivity index is 2.19. The summed E-state index contributed by atoms with van der Waals surface area (Å²) in [6.45, 7) is 3.05. The average Bonchev–Trinajstić information content (AvgIpc) is 2.46. The first-order valence-corrected chi connectivity index (χ1v) is 6.33. The third-order valence-corrected chi connectivity index (χ3v) is 2.62. The number of pyridine rings is 1. The van der Waals surface area contributed by atoms with Gasteiger partial charge in [-0.2, -0.15) is 0 Å². The SMILES string of the molecule is CCOCc1nc(Cc2cccnc2)cc(NC)n1. The van der Waals surface area contributed by atoms with Crippen LogP contribution in [0.15, 0.2) is 30.6 Å². The van der Waals surface area contributed by atoms with Gasteiger partial charge in [-0.15, -0.1) is 0 Å². The first kappa shape index (κ1) is 13.4. The summed E-state index contributed by atoms with van der Waals surface area (Å²) in [6.07, 6.45) is 4.36. The maximum atomic E-state index is 5.36. The maximum Gasteiger partial charge on any atom is 0.156 e. The predicted octanol–water partition coefficient (Wildman–Crippen LogP) is 2.04. The molecule has 0 aliphatic heterocycles. The minimum Gasteiger partial charge on any atom is -0.374 e. The third-order valence-electron chi connectivity index (χ3n) is 2.62. The van der Waals surface area contributed by atoms with Crippen LogP contribution in [0.25, 0.3) is 0 Å². The van der Waals surface area contributed by atoms with Crippen LogP contribution in [0.3, 0.4) is 0 Å². The van der Waals surface area contributed by atoms with Crippen molar-refractivity contribution in [2.75, 3.05) is 19.0 Å². The number of aromatic nitrogens is 3. The second kappa shape index (κ2) is 6.80. The van der Waals surface area contributed by atoms with Crippen LogP contribution < -0.4 is 5.32 Å². The van der Waals surface area contributed by atoms with E-state index < -0.39 is 0 Å². The molecule has 0 amide bonds. The van der Waals surface area contributed by atoms with Gasteiger partial charge in [-0.05, 0) is 18.6 Å². The van der Waals surface area contributed by atoms with Crippen LogP contribution in [0, 0.1) is 0 Å². The van der Waals surface area contributed by atoms with Crippen molar-refractivity contribution in [3.63, 3.8) is 0 Å². The van der Waals surface area contributed by atoms with Gasteiger partial charge in [0, 0.05) is 38.5 Å². The Morgan fingerprint density at radius 1 is 1.32 bits per heavy atom. The Kier molecular flexibility index (Phi) is 4.80. The molecule has 5 heteroatoms. The highest BCUT2D eigenvalue weighted by Gasteiger charge is 2.05. The van der Waals surface area contributed by atoms with Crippen LogP contribution in [0.2, 0.25) is 0 Å². The van der Waals surface area contributed by atoms with Crippen molar-refractivity contribution in [1.82, 2.24) is 15.0 Å². The minimum absolute atomic E-state index is 0.437. The molecular weight excluding hydrogens is 240 g/mol. The highest BCUT2D eigenvalue weighted by Crippen LogP contribution is 2.11. The van der Waals surface area contributed by atoms with Crippen molar-refractivity contribution in [2.24, 2.45) is 0 Å². The van der Waals surface area contributed by atoms with E-state index in [0.29, 0.717) is 19.0 Å². The van der Waals surface area contributed by atoms with Crippen LogP contribution in [-0.2, 0) is 17.8 Å². The van der Waals surface area contributed by atoms with Gasteiger partial charge < -0.3 is 10.1 Å². The molecule has 0 aromatic carbocycles. The van der Waals surface area contributed by atoms with Crippen LogP contribution in [0.5, 0.6) is 0 Å². The summed E-state index contributed by atoms with van der Waals surface area (Å²) >= 11 is 0. The molecule has 0 atom stereocenters. The Bertz CT molecular complexity index is 516. The third kappa shape index (κ3) is 3.99. The van der Waals surface area contributed by atoms with E-state index in [4.69, 9.17) is 4.74 Å². The predicted molar refractivity (Wildman–Crippen MR) is 74.0 cm³/mol. The molecule has 0 fully saturated rings. The van der Waals surface area contributed by atoms with Gasteiger partial charge in [0.05, 0.1) is 5.69 Å². The van der Waals surface area contributed by atoms with Crippen LogP contribution in [0.1, 0.15) is 24.0 Å². The van der Waals surface area contributed by atoms with Gasteiger partial charge in [-0.25, -0.2) is 9.97 Å². The van der Waals surface area contributed by atoms with Crippen molar-refractivity contribution in [1.29, 1.82) is 0 Å². The molecule has 100 valence electrons. The minimum atomic E-state index is 0.437. The van der Waals surface area contributed by atoms with Gasteiger partial charge in [-0.1, -0.05) is 6.07 Å². The summed E-state index contributed by atoms with van der Waals surface area (Å²) in [4.78, 5) is 13.0. The summed E-state index contributed by atoms with van der Waals surface area (Å²) in [6, 6.07) is 5.91. The smallest absolute Gasteiger partial charge is 0.156 e. The zero-order valence-corrected chi connectivity index (χ0v) is 11.3. The van der Waals surface area contributed by atoms with Crippen molar-refractivity contribution >= 4 is 5.82 Å². The van der Waals surface area contributed by atoms with E-state index in [1.54, 1.807) is 6.20 Å². The molecule has 2 heterocycles. The molecule has 0 unspecified atom stereocenters. The lowest BCUT2D eigenvalue weighted by Crippen LogP contribution is -2.06. The van der Waals surface area contributed by atoms with E-state index >= 15 is 0 Å². The normalized spacial score (nSPS) is 10.4. The second-order valence-electron chi connectivity index (χ2n) is 4.09. The van der Waals surface area contributed by atoms with Gasteiger partial charge in [0.25, 0.3) is 0 Å². The number of ether oxygens (including phenoxy) is 1. The second-order valence-corrected chi connectivity index (χ2v) is 4.09. The van der Waals surface area contributed by atoms with Gasteiger partial charge in [0.1, 0.15) is 12.4 Å². The molecule has 2 rings (SSSR count). The summed E-state index contributed by atoms with van der Waals surface area (Å²) < 4.78 is 5.36. The van der Waals surface area contributed by atoms with E-state index in [1.807, 2.05) is 38.4 Å². The van der Waals surface area contributed by atoms with Gasteiger partial charge in [-0.3, -0.25) is 4.98 Å². The summed E-state index contributed by atoms with van der Waals surface area (Å²) in [7, 11) is 1.85. The van der Waals surface area contributed by atoms with E-state index in [0.717, 1.165) is 23.5 Å². The Hall–Kier alpha value is -2.01. The first-order valence-electron chi connectivity index (χ1n) is 6.33. The molecule has 0 bridgehead atoms. The van der Waals surface area contributed by atoms with Crippen molar-refractivity contribution < 1.29 is 4.74 Å². The maximum absolute atomic E-state index is 5.36. The lowest BCUT2D eigenvalue weighted by molar-refractivity contribution is 0.128. The molecule has 0 saturated heterocycles. The number of nitrogens with zero attached hydrogens (tertiary/aromatic N) is 3. The molecule has 0 aliphatic rings. The van der Waals surface area contributed by atoms with Crippen LogP contribution in [-0.4, -0.2) is 28.6 Å². The molecule has 0 saturated carbocycles. The van der Waals surface area contributed by atoms with Gasteiger partial charge >= 0.3 is 0 Å². The molecule has 1 N–H and O–H groups in total. The van der Waals surface area contributed by atoms with E-state index in [9.17, 15) is 0 Å². The van der Waals surface area contributed by atoms with Crippen molar-refractivity contribution in [3.8, 4) is 0 Å². The van der Waals surface area contributed by atoms with Gasteiger partial charge in [0.15, 0.2) is 5.82 Å². The fourth-order valence-electron chi connectivity index (χ4n) is 1.74. The number of rotatable bonds is 6. The lowest BCUT2D eigenvalue weighted by Gasteiger charge is -2.08. The molecule has 5 nitrogen and oxygen atoms in total. The van der Waals surface area contributed by atoms with Gasteiger partial charge in [0.2, 0.25) is 0 Å². The standard InChI is InChI=1S/C14H18N4O/c1-3-19-10-14-17-12(8-13(15-2)18-14)7-11-5-4-6-16-9-11/h4-6,8-9H,3,7,10H2,1-2H3,(H,15,17,18). The molecule has 19 heavy (non-hydrogen) atoms. The van der Waals surface area contributed by atoms with Crippen LogP contribution in [0.4, 0.5) is 5.82 Å². The average molecular weight is 258 g/mol. The first-order chi connectivity index (χ1) is 9.31. The molecular formula is C14H18N4O. The van der Waals surface area contributed by atoms with Crippen LogP contribution >= 0.6 is 0 Å². The number of hydrogen-bond acceptors (Lipinski definition) is 5.